The van der Waals surface area contributed by atoms with Crippen molar-refractivity contribution < 1.29 is 14.6 Å². The third kappa shape index (κ3) is 3.60. The summed E-state index contributed by atoms with van der Waals surface area (Å²) in [5.74, 6) is -0.0585. The first-order chi connectivity index (χ1) is 13.6. The summed E-state index contributed by atoms with van der Waals surface area (Å²) in [5.41, 5.74) is 3.66. The van der Waals surface area contributed by atoms with Crippen molar-refractivity contribution in [3.63, 3.8) is 0 Å². The second-order valence-corrected chi connectivity index (χ2v) is 9.09. The van der Waals surface area contributed by atoms with Gasteiger partial charge in [0, 0.05) is 42.7 Å². The van der Waals surface area contributed by atoms with Crippen LogP contribution in [0.2, 0.25) is 4.34 Å². The quantitative estimate of drug-likeness (QED) is 0.796. The molecule has 2 aliphatic heterocycles. The van der Waals surface area contributed by atoms with Crippen LogP contribution in [0.25, 0.3) is 0 Å². The van der Waals surface area contributed by atoms with Crippen LogP contribution in [0.15, 0.2) is 24.3 Å². The number of fused-ring (bicyclic) bond motifs is 2. The number of rotatable bonds is 4. The second-order valence-electron chi connectivity index (χ2n) is 7.47. The van der Waals surface area contributed by atoms with Crippen LogP contribution >= 0.6 is 22.9 Å². The van der Waals surface area contributed by atoms with Gasteiger partial charge >= 0.3 is 0 Å². The lowest BCUT2D eigenvalue weighted by atomic mass is 9.84. The smallest absolute Gasteiger partial charge is 0.251 e. The molecule has 0 atom stereocenters. The van der Waals surface area contributed by atoms with Gasteiger partial charge in [-0.2, -0.15) is 0 Å². The molecule has 3 heterocycles. The van der Waals surface area contributed by atoms with Crippen LogP contribution in [-0.2, 0) is 29.9 Å². The first-order valence-corrected chi connectivity index (χ1v) is 10.8. The monoisotopic (exact) mass is 420 g/mol. The van der Waals surface area contributed by atoms with E-state index in [4.69, 9.17) is 16.3 Å². The zero-order valence-electron chi connectivity index (χ0n) is 16.0. The molecule has 0 radical (unpaired) electrons. The third-order valence-corrected chi connectivity index (χ3v) is 7.56. The molecule has 2 aromatic rings. The Kier molecular flexibility index (Phi) is 5.76. The van der Waals surface area contributed by atoms with Crippen LogP contribution in [0.3, 0.4) is 0 Å². The summed E-state index contributed by atoms with van der Waals surface area (Å²) >= 11 is 7.96. The summed E-state index contributed by atoms with van der Waals surface area (Å²) in [7, 11) is 1.65. The molecule has 28 heavy (non-hydrogen) atoms. The zero-order valence-corrected chi connectivity index (χ0v) is 17.5. The van der Waals surface area contributed by atoms with Gasteiger partial charge in [-0.3, -0.25) is 9.69 Å². The zero-order chi connectivity index (χ0) is 19.7. The third-order valence-electron chi connectivity index (χ3n) is 5.86. The lowest BCUT2D eigenvalue weighted by Gasteiger charge is -2.44. The van der Waals surface area contributed by atoms with Gasteiger partial charge in [0.1, 0.15) is 5.60 Å². The van der Waals surface area contributed by atoms with Crippen LogP contribution in [0.4, 0.5) is 0 Å². The maximum absolute atomic E-state index is 11.9. The van der Waals surface area contributed by atoms with Gasteiger partial charge in [0.05, 0.1) is 17.6 Å². The highest BCUT2D eigenvalue weighted by Gasteiger charge is 2.43. The van der Waals surface area contributed by atoms with Crippen molar-refractivity contribution in [2.75, 3.05) is 26.7 Å². The summed E-state index contributed by atoms with van der Waals surface area (Å²) < 4.78 is 7.00. The number of likely N-dealkylation sites (tertiary alicyclic amines) is 1. The van der Waals surface area contributed by atoms with E-state index in [1.54, 1.807) is 18.4 Å². The number of benzene rings is 1. The topological polar surface area (TPSA) is 61.8 Å². The van der Waals surface area contributed by atoms with Gasteiger partial charge in [0.2, 0.25) is 0 Å². The number of hydrogen-bond acceptors (Lipinski definition) is 5. The number of carbonyl (C=O) groups excluding carboxylic acids is 1. The van der Waals surface area contributed by atoms with Crippen LogP contribution in [0.1, 0.15) is 44.8 Å². The number of thiophene rings is 1. The Bertz CT molecular complexity index is 875. The molecule has 1 aromatic carbocycles. The maximum atomic E-state index is 11.9. The van der Waals surface area contributed by atoms with E-state index in [9.17, 15) is 9.90 Å². The van der Waals surface area contributed by atoms with Crippen LogP contribution in [0.5, 0.6) is 0 Å². The lowest BCUT2D eigenvalue weighted by Crippen LogP contribution is -2.45. The Balaban J connectivity index is 1.47. The molecule has 4 rings (SSSR count). The van der Waals surface area contributed by atoms with Gasteiger partial charge in [-0.15, -0.1) is 11.3 Å². The molecule has 1 fully saturated rings. The van der Waals surface area contributed by atoms with E-state index >= 15 is 0 Å². The molecule has 1 aromatic heterocycles. The van der Waals surface area contributed by atoms with E-state index in [0.29, 0.717) is 16.5 Å². The van der Waals surface area contributed by atoms with Crippen molar-refractivity contribution >= 4 is 28.8 Å². The van der Waals surface area contributed by atoms with Gasteiger partial charge in [-0.05, 0) is 42.5 Å². The SMILES string of the molecule is CNC(=O)c1cccc(CN2CCC3(CC2)OCCc2c3sc(Cl)c2CO)c1. The summed E-state index contributed by atoms with van der Waals surface area (Å²) in [6.07, 6.45) is 2.65. The predicted molar refractivity (Wildman–Crippen MR) is 111 cm³/mol. The summed E-state index contributed by atoms with van der Waals surface area (Å²) in [4.78, 5) is 15.5. The highest BCUT2D eigenvalue weighted by molar-refractivity contribution is 7.16. The average molecular weight is 421 g/mol. The number of carbonyl (C=O) groups is 1. The fraction of sp³-hybridized carbons (Fsp3) is 0.476. The lowest BCUT2D eigenvalue weighted by molar-refractivity contribution is -0.0962. The van der Waals surface area contributed by atoms with Gasteiger partial charge in [-0.25, -0.2) is 0 Å². The molecule has 1 spiro atoms. The molecular formula is C21H25ClN2O3S. The highest BCUT2D eigenvalue weighted by Crippen LogP contribution is 2.48. The first kappa shape index (κ1) is 19.9. The van der Waals surface area contributed by atoms with E-state index in [0.717, 1.165) is 50.0 Å². The van der Waals surface area contributed by atoms with Crippen molar-refractivity contribution in [1.29, 1.82) is 0 Å². The number of nitrogens with zero attached hydrogens (tertiary/aromatic N) is 1. The Morgan fingerprint density at radius 1 is 1.39 bits per heavy atom. The number of aliphatic hydroxyl groups excluding tert-OH is 1. The van der Waals surface area contributed by atoms with E-state index in [1.807, 2.05) is 18.2 Å². The van der Waals surface area contributed by atoms with Crippen molar-refractivity contribution in [3.05, 3.63) is 55.7 Å². The summed E-state index contributed by atoms with van der Waals surface area (Å²) in [6, 6.07) is 7.81. The molecule has 1 amide bonds. The predicted octanol–water partition coefficient (Wildman–Crippen LogP) is 3.32. The van der Waals surface area contributed by atoms with E-state index in [1.165, 1.54) is 10.4 Å². The first-order valence-electron chi connectivity index (χ1n) is 9.65. The van der Waals surface area contributed by atoms with Crippen LogP contribution in [-0.4, -0.2) is 42.7 Å². The Hall–Kier alpha value is -1.44. The Morgan fingerprint density at radius 3 is 2.89 bits per heavy atom. The van der Waals surface area contributed by atoms with Gasteiger partial charge in [-0.1, -0.05) is 23.7 Å². The highest BCUT2D eigenvalue weighted by atomic mass is 35.5. The normalized spacial score (nSPS) is 18.8. The number of halogens is 1. The molecule has 0 bridgehead atoms. The van der Waals surface area contributed by atoms with Crippen molar-refractivity contribution in [3.8, 4) is 0 Å². The van der Waals surface area contributed by atoms with Crippen LogP contribution < -0.4 is 5.32 Å². The molecule has 2 aliphatic rings. The van der Waals surface area contributed by atoms with Gasteiger partial charge in [0.25, 0.3) is 5.91 Å². The average Bonchev–Trinajstić information content (AvgIpc) is 3.06. The number of piperidine rings is 1. The minimum absolute atomic E-state index is 0.00541. The molecule has 0 saturated carbocycles. The number of ether oxygens (including phenoxy) is 1. The van der Waals surface area contributed by atoms with Gasteiger partial charge in [0.15, 0.2) is 0 Å². The fourth-order valence-electron chi connectivity index (χ4n) is 4.33. The summed E-state index contributed by atoms with van der Waals surface area (Å²) in [5, 5.41) is 12.4. The van der Waals surface area contributed by atoms with Crippen molar-refractivity contribution in [2.45, 2.75) is 38.0 Å². The maximum Gasteiger partial charge on any atom is 0.251 e. The minimum Gasteiger partial charge on any atom is -0.392 e. The van der Waals surface area contributed by atoms with E-state index in [2.05, 4.69) is 16.3 Å². The van der Waals surface area contributed by atoms with E-state index < -0.39 is 0 Å². The van der Waals surface area contributed by atoms with E-state index in [-0.39, 0.29) is 18.1 Å². The molecule has 7 heteroatoms. The minimum atomic E-state index is -0.268. The fourth-order valence-corrected chi connectivity index (χ4v) is 6.02. The summed E-state index contributed by atoms with van der Waals surface area (Å²) in [6.45, 7) is 3.35. The Morgan fingerprint density at radius 2 is 2.18 bits per heavy atom. The number of hydrogen-bond donors (Lipinski definition) is 2. The molecule has 2 N–H and O–H groups in total. The Labute approximate surface area is 174 Å². The molecule has 0 unspecified atom stereocenters. The molecular weight excluding hydrogens is 396 g/mol. The van der Waals surface area contributed by atoms with Crippen molar-refractivity contribution in [2.24, 2.45) is 0 Å². The molecule has 1 saturated heterocycles. The number of nitrogens with one attached hydrogen (secondary N) is 1. The second kappa shape index (κ2) is 8.13. The standard InChI is InChI=1S/C21H25ClN2O3S/c1-23-20(26)15-4-2-3-14(11-15)12-24-8-6-21(7-9-24)18-16(5-10-27-21)17(13-25)19(22)28-18/h2-4,11,25H,5-10,12-13H2,1H3,(H,23,26). The molecule has 150 valence electrons. The van der Waals surface area contributed by atoms with Crippen molar-refractivity contribution in [1.82, 2.24) is 10.2 Å². The van der Waals surface area contributed by atoms with Gasteiger partial charge < -0.3 is 15.2 Å². The van der Waals surface area contributed by atoms with Crippen LogP contribution in [0, 0.1) is 0 Å². The molecule has 5 nitrogen and oxygen atoms in total. The largest absolute Gasteiger partial charge is 0.392 e. The number of amides is 1. The number of aliphatic hydroxyl groups is 1. The molecule has 0 aliphatic carbocycles.